The van der Waals surface area contributed by atoms with Gasteiger partial charge in [-0.3, -0.25) is 4.79 Å². The third-order valence-electron chi connectivity index (χ3n) is 3.45. The van der Waals surface area contributed by atoms with Gasteiger partial charge < -0.3 is 4.90 Å². The molecule has 106 valence electrons. The molecule has 1 atom stereocenters. The molecule has 1 heterocycles. The highest BCUT2D eigenvalue weighted by atomic mass is 32.2. The lowest BCUT2D eigenvalue weighted by atomic mass is 10.0. The van der Waals surface area contributed by atoms with Crippen LogP contribution in [0.25, 0.3) is 0 Å². The summed E-state index contributed by atoms with van der Waals surface area (Å²) in [4.78, 5) is 13.9. The van der Waals surface area contributed by atoms with E-state index in [1.807, 2.05) is 6.92 Å². The molecule has 0 aromatic heterocycles. The van der Waals surface area contributed by atoms with Crippen molar-refractivity contribution in [2.24, 2.45) is 5.92 Å². The predicted octanol–water partition coefficient (Wildman–Crippen LogP) is 0.917. The largest absolute Gasteiger partial charge is 0.340 e. The fourth-order valence-electron chi connectivity index (χ4n) is 2.24. The molecule has 0 bridgehead atoms. The molecule has 1 saturated heterocycles. The molecule has 1 fully saturated rings. The van der Waals surface area contributed by atoms with Crippen LogP contribution in [0.4, 0.5) is 0 Å². The molecule has 1 aliphatic heterocycles. The number of hydrogen-bond acceptors (Lipinski definition) is 3. The van der Waals surface area contributed by atoms with E-state index in [2.05, 4.69) is 6.92 Å². The van der Waals surface area contributed by atoms with Crippen LogP contribution in [0.3, 0.4) is 0 Å². The second kappa shape index (κ2) is 6.52. The van der Waals surface area contributed by atoms with Crippen molar-refractivity contribution in [3.63, 3.8) is 0 Å². The standard InChI is InChI=1S/C12H24N2O3S/c1-4-6-11(3)12(15)13-7-9-14(10-8-13)18(16,17)5-2/h11H,4-10H2,1-3H3/t11-/m1/s1. The van der Waals surface area contributed by atoms with Crippen LogP contribution in [0.1, 0.15) is 33.6 Å². The van der Waals surface area contributed by atoms with Crippen LogP contribution in [-0.4, -0.2) is 55.5 Å². The van der Waals surface area contributed by atoms with Crippen molar-refractivity contribution < 1.29 is 13.2 Å². The average Bonchev–Trinajstić information content (AvgIpc) is 2.38. The number of carbonyl (C=O) groups is 1. The van der Waals surface area contributed by atoms with Gasteiger partial charge in [-0.05, 0) is 13.3 Å². The third-order valence-corrected chi connectivity index (χ3v) is 5.33. The van der Waals surface area contributed by atoms with E-state index in [4.69, 9.17) is 0 Å². The fourth-order valence-corrected chi connectivity index (χ4v) is 3.32. The van der Waals surface area contributed by atoms with Gasteiger partial charge in [-0.25, -0.2) is 8.42 Å². The van der Waals surface area contributed by atoms with Crippen molar-refractivity contribution in [2.75, 3.05) is 31.9 Å². The molecular weight excluding hydrogens is 252 g/mol. The van der Waals surface area contributed by atoms with Crippen molar-refractivity contribution in [1.82, 2.24) is 9.21 Å². The first kappa shape index (κ1) is 15.4. The highest BCUT2D eigenvalue weighted by Gasteiger charge is 2.29. The zero-order valence-electron chi connectivity index (χ0n) is 11.6. The number of amides is 1. The molecule has 0 N–H and O–H groups in total. The molecule has 0 saturated carbocycles. The number of rotatable bonds is 5. The molecule has 0 aromatic carbocycles. The zero-order valence-corrected chi connectivity index (χ0v) is 12.4. The summed E-state index contributed by atoms with van der Waals surface area (Å²) in [7, 11) is -3.11. The number of piperazine rings is 1. The lowest BCUT2D eigenvalue weighted by molar-refractivity contribution is -0.136. The normalized spacial score (nSPS) is 19.8. The molecule has 1 amide bonds. The lowest BCUT2D eigenvalue weighted by Crippen LogP contribution is -2.51. The lowest BCUT2D eigenvalue weighted by Gasteiger charge is -2.35. The van der Waals surface area contributed by atoms with Crippen LogP contribution < -0.4 is 0 Å². The Morgan fingerprint density at radius 2 is 1.72 bits per heavy atom. The average molecular weight is 276 g/mol. The Kier molecular flexibility index (Phi) is 5.59. The van der Waals surface area contributed by atoms with Gasteiger partial charge in [0.05, 0.1) is 5.75 Å². The third kappa shape index (κ3) is 3.68. The van der Waals surface area contributed by atoms with E-state index < -0.39 is 10.0 Å². The van der Waals surface area contributed by atoms with Gasteiger partial charge in [-0.2, -0.15) is 4.31 Å². The van der Waals surface area contributed by atoms with E-state index in [0.29, 0.717) is 26.2 Å². The Hall–Kier alpha value is -0.620. The molecule has 1 aliphatic rings. The summed E-state index contributed by atoms with van der Waals surface area (Å²) in [5.41, 5.74) is 0. The molecule has 0 spiro atoms. The van der Waals surface area contributed by atoms with Crippen LogP contribution in [0.15, 0.2) is 0 Å². The molecule has 0 aromatic rings. The SMILES string of the molecule is CCC[C@@H](C)C(=O)N1CCN(S(=O)(=O)CC)CC1. The van der Waals surface area contributed by atoms with E-state index in [1.54, 1.807) is 11.8 Å². The fraction of sp³-hybridized carbons (Fsp3) is 0.917. The van der Waals surface area contributed by atoms with Gasteiger partial charge in [0.2, 0.25) is 15.9 Å². The maximum Gasteiger partial charge on any atom is 0.225 e. The van der Waals surface area contributed by atoms with Crippen LogP contribution in [0.2, 0.25) is 0 Å². The van der Waals surface area contributed by atoms with Crippen LogP contribution in [0, 0.1) is 5.92 Å². The van der Waals surface area contributed by atoms with Crippen molar-refractivity contribution in [3.05, 3.63) is 0 Å². The number of hydrogen-bond donors (Lipinski definition) is 0. The summed E-state index contributed by atoms with van der Waals surface area (Å²) in [6.45, 7) is 7.56. The summed E-state index contributed by atoms with van der Waals surface area (Å²) in [5.74, 6) is 0.336. The van der Waals surface area contributed by atoms with Crippen LogP contribution in [-0.2, 0) is 14.8 Å². The number of nitrogens with zero attached hydrogens (tertiary/aromatic N) is 2. The minimum atomic E-state index is -3.11. The Labute approximate surface area is 110 Å². The summed E-state index contributed by atoms with van der Waals surface area (Å²) < 4.78 is 24.9. The molecule has 1 rings (SSSR count). The molecular formula is C12H24N2O3S. The second-order valence-electron chi connectivity index (χ2n) is 4.81. The van der Waals surface area contributed by atoms with Gasteiger partial charge in [0.1, 0.15) is 0 Å². The Balaban J connectivity index is 2.52. The minimum absolute atomic E-state index is 0.0457. The van der Waals surface area contributed by atoms with Crippen molar-refractivity contribution in [3.8, 4) is 0 Å². The van der Waals surface area contributed by atoms with E-state index in [-0.39, 0.29) is 17.6 Å². The summed E-state index contributed by atoms with van der Waals surface area (Å²) in [5, 5.41) is 0. The molecule has 0 radical (unpaired) electrons. The number of sulfonamides is 1. The van der Waals surface area contributed by atoms with Crippen LogP contribution >= 0.6 is 0 Å². The number of carbonyl (C=O) groups excluding carboxylic acids is 1. The molecule has 6 heteroatoms. The smallest absolute Gasteiger partial charge is 0.225 e. The predicted molar refractivity (Wildman–Crippen MR) is 71.7 cm³/mol. The van der Waals surface area contributed by atoms with Crippen molar-refractivity contribution in [1.29, 1.82) is 0 Å². The van der Waals surface area contributed by atoms with Crippen molar-refractivity contribution in [2.45, 2.75) is 33.6 Å². The van der Waals surface area contributed by atoms with Gasteiger partial charge in [-0.15, -0.1) is 0 Å². The van der Waals surface area contributed by atoms with Crippen molar-refractivity contribution >= 4 is 15.9 Å². The summed E-state index contributed by atoms with van der Waals surface area (Å²) >= 11 is 0. The van der Waals surface area contributed by atoms with E-state index in [0.717, 1.165) is 12.8 Å². The second-order valence-corrected chi connectivity index (χ2v) is 7.07. The van der Waals surface area contributed by atoms with Gasteiger partial charge in [0, 0.05) is 32.1 Å². The minimum Gasteiger partial charge on any atom is -0.340 e. The van der Waals surface area contributed by atoms with Gasteiger partial charge >= 0.3 is 0 Å². The Morgan fingerprint density at radius 3 is 2.17 bits per heavy atom. The molecule has 18 heavy (non-hydrogen) atoms. The van der Waals surface area contributed by atoms with E-state index in [9.17, 15) is 13.2 Å². The molecule has 5 nitrogen and oxygen atoms in total. The first-order chi connectivity index (χ1) is 8.42. The monoisotopic (exact) mass is 276 g/mol. The summed E-state index contributed by atoms with van der Waals surface area (Å²) in [6.07, 6.45) is 1.89. The van der Waals surface area contributed by atoms with Gasteiger partial charge in [-0.1, -0.05) is 20.3 Å². The zero-order chi connectivity index (χ0) is 13.8. The topological polar surface area (TPSA) is 57.7 Å². The Morgan fingerprint density at radius 1 is 1.17 bits per heavy atom. The highest BCUT2D eigenvalue weighted by molar-refractivity contribution is 7.89. The van der Waals surface area contributed by atoms with Gasteiger partial charge in [0.15, 0.2) is 0 Å². The van der Waals surface area contributed by atoms with Crippen LogP contribution in [0.5, 0.6) is 0 Å². The Bertz CT molecular complexity index is 373. The quantitative estimate of drug-likeness (QED) is 0.750. The molecule has 0 unspecified atom stereocenters. The van der Waals surface area contributed by atoms with E-state index >= 15 is 0 Å². The maximum absolute atomic E-state index is 12.1. The highest BCUT2D eigenvalue weighted by Crippen LogP contribution is 2.13. The maximum atomic E-state index is 12.1. The van der Waals surface area contributed by atoms with Gasteiger partial charge in [0.25, 0.3) is 0 Å². The first-order valence-electron chi connectivity index (χ1n) is 6.69. The summed E-state index contributed by atoms with van der Waals surface area (Å²) in [6, 6.07) is 0. The van der Waals surface area contributed by atoms with E-state index in [1.165, 1.54) is 4.31 Å². The molecule has 0 aliphatic carbocycles. The first-order valence-corrected chi connectivity index (χ1v) is 8.29.